The van der Waals surface area contributed by atoms with Crippen LogP contribution in [0.15, 0.2) is 0 Å². The second-order valence-electron chi connectivity index (χ2n) is 6.47. The number of piperidine rings is 1. The molecule has 0 spiro atoms. The van der Waals surface area contributed by atoms with Gasteiger partial charge < -0.3 is 5.11 Å². The van der Waals surface area contributed by atoms with Gasteiger partial charge in [0.2, 0.25) is 11.8 Å². The van der Waals surface area contributed by atoms with Crippen molar-refractivity contribution in [2.45, 2.75) is 58.4 Å². The van der Waals surface area contributed by atoms with Crippen LogP contribution in [-0.4, -0.2) is 34.5 Å². The van der Waals surface area contributed by atoms with Crippen molar-refractivity contribution in [3.8, 4) is 0 Å². The Morgan fingerprint density at radius 1 is 1.17 bits per heavy atom. The first-order valence-electron chi connectivity index (χ1n) is 6.90. The van der Waals surface area contributed by atoms with E-state index in [9.17, 15) is 14.7 Å². The van der Waals surface area contributed by atoms with E-state index in [0.717, 1.165) is 25.7 Å². The number of nitrogens with zero attached hydrogens (tertiary/aromatic N) is 1. The maximum Gasteiger partial charge on any atom is 0.229 e. The highest BCUT2D eigenvalue weighted by Gasteiger charge is 2.43. The fourth-order valence-electron chi connectivity index (χ4n) is 3.30. The molecule has 0 aromatic heterocycles. The maximum atomic E-state index is 12.2. The van der Waals surface area contributed by atoms with Crippen LogP contribution in [0.3, 0.4) is 0 Å². The lowest BCUT2D eigenvalue weighted by molar-refractivity contribution is -0.158. The van der Waals surface area contributed by atoms with E-state index in [1.54, 1.807) is 0 Å². The number of hydrogen-bond acceptors (Lipinski definition) is 3. The van der Waals surface area contributed by atoms with Crippen molar-refractivity contribution in [1.29, 1.82) is 0 Å². The molecule has 2 rings (SSSR count). The largest absolute Gasteiger partial charge is 0.396 e. The van der Waals surface area contributed by atoms with Crippen LogP contribution in [0.4, 0.5) is 0 Å². The Balaban J connectivity index is 2.16. The Morgan fingerprint density at radius 2 is 1.72 bits per heavy atom. The van der Waals surface area contributed by atoms with Gasteiger partial charge in [-0.2, -0.15) is 0 Å². The Labute approximate surface area is 108 Å². The molecular weight excluding hydrogens is 230 g/mol. The summed E-state index contributed by atoms with van der Waals surface area (Å²) in [6.45, 7) is 4.00. The molecule has 1 aliphatic carbocycles. The highest BCUT2D eigenvalue weighted by Crippen LogP contribution is 2.36. The van der Waals surface area contributed by atoms with Crippen molar-refractivity contribution in [1.82, 2.24) is 4.90 Å². The van der Waals surface area contributed by atoms with E-state index in [-0.39, 0.29) is 35.8 Å². The predicted molar refractivity (Wildman–Crippen MR) is 67.7 cm³/mol. The molecule has 2 amide bonds. The number of carbonyl (C=O) groups excluding carboxylic acids is 2. The van der Waals surface area contributed by atoms with Crippen molar-refractivity contribution < 1.29 is 14.7 Å². The summed E-state index contributed by atoms with van der Waals surface area (Å²) in [5.41, 5.74) is -0.214. The van der Waals surface area contributed by atoms with Crippen LogP contribution in [0.2, 0.25) is 0 Å². The Morgan fingerprint density at radius 3 is 2.28 bits per heavy atom. The van der Waals surface area contributed by atoms with Gasteiger partial charge in [0.05, 0.1) is 0 Å². The molecule has 4 nitrogen and oxygen atoms in total. The molecule has 1 aliphatic heterocycles. The van der Waals surface area contributed by atoms with Gasteiger partial charge in [-0.1, -0.05) is 26.7 Å². The molecule has 1 heterocycles. The van der Waals surface area contributed by atoms with E-state index in [4.69, 9.17) is 0 Å². The van der Waals surface area contributed by atoms with E-state index in [1.807, 2.05) is 13.8 Å². The summed E-state index contributed by atoms with van der Waals surface area (Å²) >= 11 is 0. The second-order valence-corrected chi connectivity index (χ2v) is 6.47. The first-order valence-corrected chi connectivity index (χ1v) is 6.90. The van der Waals surface area contributed by atoms with Crippen LogP contribution in [0.25, 0.3) is 0 Å². The molecule has 2 fully saturated rings. The standard InChI is InChI=1S/C14H23NO3/c1-14(2)7-12(17)15(13(18)8-14)11-6-4-3-5-10(11)9-16/h10-11,16H,3-9H2,1-2H3. The molecule has 1 saturated carbocycles. The summed E-state index contributed by atoms with van der Waals surface area (Å²) in [5, 5.41) is 9.42. The second kappa shape index (κ2) is 5.00. The third-order valence-corrected chi connectivity index (χ3v) is 4.23. The number of aliphatic hydroxyl groups excluding tert-OH is 1. The average Bonchev–Trinajstić information content (AvgIpc) is 2.27. The Hall–Kier alpha value is -0.900. The molecule has 0 aromatic rings. The molecule has 2 atom stereocenters. The lowest BCUT2D eigenvalue weighted by Gasteiger charge is -2.43. The van der Waals surface area contributed by atoms with Crippen molar-refractivity contribution >= 4 is 11.8 Å². The van der Waals surface area contributed by atoms with Crippen LogP contribution in [0.1, 0.15) is 52.4 Å². The maximum absolute atomic E-state index is 12.2. The van der Waals surface area contributed by atoms with Crippen molar-refractivity contribution in [3.05, 3.63) is 0 Å². The van der Waals surface area contributed by atoms with Crippen molar-refractivity contribution in [3.63, 3.8) is 0 Å². The van der Waals surface area contributed by atoms with Crippen LogP contribution in [0.5, 0.6) is 0 Å². The van der Waals surface area contributed by atoms with E-state index in [2.05, 4.69) is 0 Å². The molecule has 2 aliphatic rings. The molecule has 2 unspecified atom stereocenters. The summed E-state index contributed by atoms with van der Waals surface area (Å²) in [6.07, 6.45) is 4.77. The third kappa shape index (κ3) is 2.58. The third-order valence-electron chi connectivity index (χ3n) is 4.23. The molecule has 1 saturated heterocycles. The Kier molecular flexibility index (Phi) is 3.76. The molecule has 0 aromatic carbocycles. The van der Waals surface area contributed by atoms with E-state index in [0.29, 0.717) is 12.8 Å². The van der Waals surface area contributed by atoms with Gasteiger partial charge in [-0.25, -0.2) is 0 Å². The quantitative estimate of drug-likeness (QED) is 0.762. The minimum absolute atomic E-state index is 0.0541. The number of amides is 2. The molecule has 0 radical (unpaired) electrons. The minimum atomic E-state index is -0.214. The zero-order valence-corrected chi connectivity index (χ0v) is 11.3. The summed E-state index contributed by atoms with van der Waals surface area (Å²) in [5.74, 6) is -0.0314. The van der Waals surface area contributed by atoms with Gasteiger partial charge in [-0.3, -0.25) is 14.5 Å². The molecule has 102 valence electrons. The number of carbonyl (C=O) groups is 2. The van der Waals surface area contributed by atoms with Crippen LogP contribution in [0, 0.1) is 11.3 Å². The number of rotatable bonds is 2. The summed E-state index contributed by atoms with van der Waals surface area (Å²) in [6, 6.07) is -0.0696. The van der Waals surface area contributed by atoms with Crippen LogP contribution in [-0.2, 0) is 9.59 Å². The zero-order chi connectivity index (χ0) is 13.3. The Bertz CT molecular complexity index is 331. The number of imide groups is 1. The highest BCUT2D eigenvalue weighted by molar-refractivity contribution is 5.98. The van der Waals surface area contributed by atoms with E-state index in [1.165, 1.54) is 4.90 Å². The summed E-state index contributed by atoms with van der Waals surface area (Å²) in [4.78, 5) is 25.9. The fraction of sp³-hybridized carbons (Fsp3) is 0.857. The average molecular weight is 253 g/mol. The molecule has 1 N–H and O–H groups in total. The number of hydrogen-bond donors (Lipinski definition) is 1. The van der Waals surface area contributed by atoms with E-state index < -0.39 is 0 Å². The van der Waals surface area contributed by atoms with Gasteiger partial charge >= 0.3 is 0 Å². The predicted octanol–water partition coefficient (Wildman–Crippen LogP) is 1.71. The number of likely N-dealkylation sites (tertiary alicyclic amines) is 1. The first-order chi connectivity index (χ1) is 8.44. The molecule has 18 heavy (non-hydrogen) atoms. The van der Waals surface area contributed by atoms with Crippen molar-refractivity contribution in [2.24, 2.45) is 11.3 Å². The van der Waals surface area contributed by atoms with Gasteiger partial charge in [0.1, 0.15) is 0 Å². The first kappa shape index (κ1) is 13.5. The smallest absolute Gasteiger partial charge is 0.229 e. The van der Waals surface area contributed by atoms with Crippen molar-refractivity contribution in [2.75, 3.05) is 6.61 Å². The topological polar surface area (TPSA) is 57.6 Å². The monoisotopic (exact) mass is 253 g/mol. The summed E-state index contributed by atoms with van der Waals surface area (Å²) < 4.78 is 0. The van der Waals surface area contributed by atoms with E-state index >= 15 is 0 Å². The lowest BCUT2D eigenvalue weighted by atomic mass is 9.78. The highest BCUT2D eigenvalue weighted by atomic mass is 16.3. The molecule has 0 bridgehead atoms. The minimum Gasteiger partial charge on any atom is -0.396 e. The zero-order valence-electron chi connectivity index (χ0n) is 11.3. The van der Waals surface area contributed by atoms with Gasteiger partial charge in [-0.15, -0.1) is 0 Å². The SMILES string of the molecule is CC1(C)CC(=O)N(C2CCCCC2CO)C(=O)C1. The molecule has 4 heteroatoms. The number of aliphatic hydroxyl groups is 1. The van der Waals surface area contributed by atoms with Crippen LogP contribution >= 0.6 is 0 Å². The van der Waals surface area contributed by atoms with Gasteiger partial charge in [0, 0.05) is 31.4 Å². The molecular formula is C14H23NO3. The fourth-order valence-corrected chi connectivity index (χ4v) is 3.30. The summed E-state index contributed by atoms with van der Waals surface area (Å²) in [7, 11) is 0. The van der Waals surface area contributed by atoms with Gasteiger partial charge in [0.15, 0.2) is 0 Å². The van der Waals surface area contributed by atoms with Gasteiger partial charge in [0.25, 0.3) is 0 Å². The normalized spacial score (nSPS) is 32.7. The van der Waals surface area contributed by atoms with Gasteiger partial charge in [-0.05, 0) is 18.3 Å². The lowest BCUT2D eigenvalue weighted by Crippen LogP contribution is -2.54. The van der Waals surface area contributed by atoms with Crippen LogP contribution < -0.4 is 0 Å².